The zero-order valence-corrected chi connectivity index (χ0v) is 13.2. The molecule has 0 aliphatic carbocycles. The molecule has 1 aliphatic rings. The lowest BCUT2D eigenvalue weighted by atomic mass is 9.84. The van der Waals surface area contributed by atoms with Crippen molar-refractivity contribution >= 4 is 27.5 Å². The van der Waals surface area contributed by atoms with Crippen LogP contribution in [0.5, 0.6) is 0 Å². The Bertz CT molecular complexity index is 475. The van der Waals surface area contributed by atoms with Crippen molar-refractivity contribution in [3.63, 3.8) is 0 Å². The van der Waals surface area contributed by atoms with E-state index in [2.05, 4.69) is 33.5 Å². The molecule has 0 aromatic heterocycles. The van der Waals surface area contributed by atoms with Gasteiger partial charge in [-0.3, -0.25) is 4.79 Å². The van der Waals surface area contributed by atoms with Gasteiger partial charge in [0.1, 0.15) is 5.82 Å². The number of halogens is 2. The molecule has 110 valence electrons. The molecule has 1 saturated heterocycles. The largest absolute Gasteiger partial charge is 0.324 e. The van der Waals surface area contributed by atoms with Gasteiger partial charge >= 0.3 is 0 Å². The second-order valence-electron chi connectivity index (χ2n) is 5.44. The number of carbonyl (C=O) groups is 1. The Morgan fingerprint density at radius 2 is 2.20 bits per heavy atom. The van der Waals surface area contributed by atoms with Crippen molar-refractivity contribution in [2.75, 3.05) is 18.4 Å². The number of anilines is 1. The van der Waals surface area contributed by atoms with E-state index in [1.165, 1.54) is 6.07 Å². The Morgan fingerprint density at radius 3 is 2.90 bits per heavy atom. The third kappa shape index (κ3) is 4.28. The molecule has 0 saturated carbocycles. The SMILES string of the molecule is CC(CC(=O)Nc1cc(Br)ccc1F)C1CCNCC1. The van der Waals surface area contributed by atoms with Gasteiger partial charge in [0.15, 0.2) is 0 Å². The van der Waals surface area contributed by atoms with Gasteiger partial charge < -0.3 is 10.6 Å². The van der Waals surface area contributed by atoms with E-state index >= 15 is 0 Å². The second-order valence-corrected chi connectivity index (χ2v) is 6.36. The summed E-state index contributed by atoms with van der Waals surface area (Å²) in [4.78, 5) is 12.0. The van der Waals surface area contributed by atoms with Gasteiger partial charge in [0.05, 0.1) is 5.69 Å². The normalized spacial score (nSPS) is 17.8. The smallest absolute Gasteiger partial charge is 0.224 e. The van der Waals surface area contributed by atoms with Crippen LogP contribution in [0, 0.1) is 17.7 Å². The van der Waals surface area contributed by atoms with E-state index in [9.17, 15) is 9.18 Å². The van der Waals surface area contributed by atoms with E-state index in [0.29, 0.717) is 18.3 Å². The molecule has 1 unspecified atom stereocenters. The van der Waals surface area contributed by atoms with Crippen LogP contribution < -0.4 is 10.6 Å². The zero-order valence-electron chi connectivity index (χ0n) is 11.6. The van der Waals surface area contributed by atoms with Crippen LogP contribution in [-0.2, 0) is 4.79 Å². The van der Waals surface area contributed by atoms with Gasteiger partial charge in [-0.25, -0.2) is 4.39 Å². The van der Waals surface area contributed by atoms with Crippen LogP contribution in [0.1, 0.15) is 26.2 Å². The average Bonchev–Trinajstić information content (AvgIpc) is 2.43. The molecule has 5 heteroatoms. The molecule has 1 aliphatic heterocycles. The van der Waals surface area contributed by atoms with Crippen LogP contribution in [0.2, 0.25) is 0 Å². The molecule has 1 amide bonds. The average molecular weight is 343 g/mol. The molecule has 20 heavy (non-hydrogen) atoms. The highest BCUT2D eigenvalue weighted by atomic mass is 79.9. The number of rotatable bonds is 4. The van der Waals surface area contributed by atoms with E-state index in [0.717, 1.165) is 30.4 Å². The van der Waals surface area contributed by atoms with Crippen LogP contribution in [0.3, 0.4) is 0 Å². The summed E-state index contributed by atoms with van der Waals surface area (Å²) in [5.74, 6) is 0.380. The molecule has 0 bridgehead atoms. The fourth-order valence-corrected chi connectivity index (χ4v) is 3.03. The lowest BCUT2D eigenvalue weighted by molar-refractivity contribution is -0.117. The van der Waals surface area contributed by atoms with Crippen LogP contribution >= 0.6 is 15.9 Å². The Kier molecular flexibility index (Phi) is 5.54. The van der Waals surface area contributed by atoms with Gasteiger partial charge in [0.2, 0.25) is 5.91 Å². The number of piperidine rings is 1. The maximum Gasteiger partial charge on any atom is 0.224 e. The predicted octanol–water partition coefficient (Wildman–Crippen LogP) is 3.55. The third-order valence-corrected chi connectivity index (χ3v) is 4.39. The van der Waals surface area contributed by atoms with Gasteiger partial charge in [-0.1, -0.05) is 22.9 Å². The first-order valence-electron chi connectivity index (χ1n) is 7.02. The van der Waals surface area contributed by atoms with Crippen LogP contribution in [0.15, 0.2) is 22.7 Å². The van der Waals surface area contributed by atoms with E-state index in [4.69, 9.17) is 0 Å². The van der Waals surface area contributed by atoms with Crippen molar-refractivity contribution in [2.45, 2.75) is 26.2 Å². The first-order chi connectivity index (χ1) is 9.56. The minimum Gasteiger partial charge on any atom is -0.324 e. The van der Waals surface area contributed by atoms with Crippen LogP contribution in [0.25, 0.3) is 0 Å². The van der Waals surface area contributed by atoms with Crippen molar-refractivity contribution in [1.82, 2.24) is 5.32 Å². The van der Waals surface area contributed by atoms with Crippen molar-refractivity contribution in [2.24, 2.45) is 11.8 Å². The molecule has 3 nitrogen and oxygen atoms in total. The number of hydrogen-bond acceptors (Lipinski definition) is 2. The summed E-state index contributed by atoms with van der Waals surface area (Å²) in [6.07, 6.45) is 2.66. The summed E-state index contributed by atoms with van der Waals surface area (Å²) in [5, 5.41) is 5.98. The first kappa shape index (κ1) is 15.4. The molecule has 0 radical (unpaired) electrons. The summed E-state index contributed by atoms with van der Waals surface area (Å²) in [7, 11) is 0. The minimum atomic E-state index is -0.406. The first-order valence-corrected chi connectivity index (χ1v) is 7.81. The van der Waals surface area contributed by atoms with Crippen molar-refractivity contribution in [1.29, 1.82) is 0 Å². The number of benzene rings is 1. The van der Waals surface area contributed by atoms with Crippen LogP contribution in [-0.4, -0.2) is 19.0 Å². The number of hydrogen-bond donors (Lipinski definition) is 2. The summed E-state index contributed by atoms with van der Waals surface area (Å²) < 4.78 is 14.3. The molecule has 2 N–H and O–H groups in total. The minimum absolute atomic E-state index is 0.118. The molecule has 1 aromatic carbocycles. The van der Waals surface area contributed by atoms with E-state index in [-0.39, 0.29) is 11.6 Å². The molecule has 1 heterocycles. The van der Waals surface area contributed by atoms with Gasteiger partial charge in [-0.15, -0.1) is 0 Å². The maximum atomic E-state index is 13.6. The highest BCUT2D eigenvalue weighted by Crippen LogP contribution is 2.25. The standard InChI is InChI=1S/C15H20BrFN2O/c1-10(11-4-6-18-7-5-11)8-15(20)19-14-9-12(16)2-3-13(14)17/h2-3,9-11,18H,4-8H2,1H3,(H,19,20). The Labute approximate surface area is 127 Å². The fraction of sp³-hybridized carbons (Fsp3) is 0.533. The van der Waals surface area contributed by atoms with E-state index in [1.807, 2.05) is 0 Å². The lowest BCUT2D eigenvalue weighted by Gasteiger charge is -2.27. The summed E-state index contributed by atoms with van der Waals surface area (Å²) in [6, 6.07) is 4.54. The van der Waals surface area contributed by atoms with E-state index in [1.54, 1.807) is 12.1 Å². The quantitative estimate of drug-likeness (QED) is 0.878. The molecule has 1 fully saturated rings. The Hall–Kier alpha value is -0.940. The highest BCUT2D eigenvalue weighted by molar-refractivity contribution is 9.10. The summed E-state index contributed by atoms with van der Waals surface area (Å²) in [6.45, 7) is 4.15. The lowest BCUT2D eigenvalue weighted by Crippen LogP contribution is -2.32. The molecular formula is C15H20BrFN2O. The van der Waals surface area contributed by atoms with Crippen molar-refractivity contribution in [3.05, 3.63) is 28.5 Å². The van der Waals surface area contributed by atoms with Gasteiger partial charge in [0.25, 0.3) is 0 Å². The molecule has 0 spiro atoms. The third-order valence-electron chi connectivity index (χ3n) is 3.90. The predicted molar refractivity (Wildman–Crippen MR) is 82.1 cm³/mol. The molecule has 1 aromatic rings. The molecule has 2 rings (SSSR count). The van der Waals surface area contributed by atoms with Crippen LogP contribution in [0.4, 0.5) is 10.1 Å². The number of amides is 1. The van der Waals surface area contributed by atoms with E-state index < -0.39 is 5.82 Å². The molecule has 1 atom stereocenters. The highest BCUT2D eigenvalue weighted by Gasteiger charge is 2.22. The van der Waals surface area contributed by atoms with Gasteiger partial charge in [0, 0.05) is 10.9 Å². The fourth-order valence-electron chi connectivity index (χ4n) is 2.67. The summed E-state index contributed by atoms with van der Waals surface area (Å²) >= 11 is 3.27. The topological polar surface area (TPSA) is 41.1 Å². The Balaban J connectivity index is 1.89. The second kappa shape index (κ2) is 7.18. The maximum absolute atomic E-state index is 13.6. The Morgan fingerprint density at radius 1 is 1.50 bits per heavy atom. The van der Waals surface area contributed by atoms with Gasteiger partial charge in [-0.2, -0.15) is 0 Å². The number of carbonyl (C=O) groups excluding carboxylic acids is 1. The zero-order chi connectivity index (χ0) is 14.5. The summed E-state index contributed by atoms with van der Waals surface area (Å²) in [5.41, 5.74) is 0.238. The number of nitrogens with one attached hydrogen (secondary N) is 2. The monoisotopic (exact) mass is 342 g/mol. The van der Waals surface area contributed by atoms with Crippen molar-refractivity contribution in [3.8, 4) is 0 Å². The molecular weight excluding hydrogens is 323 g/mol. The van der Waals surface area contributed by atoms with Crippen molar-refractivity contribution < 1.29 is 9.18 Å². The van der Waals surface area contributed by atoms with Gasteiger partial charge in [-0.05, 0) is 56.0 Å².